The summed E-state index contributed by atoms with van der Waals surface area (Å²) in [4.78, 5) is 23.5. The normalized spacial score (nSPS) is 12.7. The van der Waals surface area contributed by atoms with Gasteiger partial charge in [0.05, 0.1) is 5.25 Å². The zero-order valence-electron chi connectivity index (χ0n) is 12.3. The van der Waals surface area contributed by atoms with E-state index >= 15 is 0 Å². The molecule has 1 aromatic carbocycles. The standard InChI is InChI=1S/C14H18F2N2O2S/c1-8(12(19)17-13(20)18-14(2,3)4)21-11-6-5-9(15)7-10(11)16/h5-8H,1-4H3,(H2,17,18,19,20)/t8-/m0/s1. The monoisotopic (exact) mass is 316 g/mol. The Balaban J connectivity index is 2.61. The molecule has 0 aromatic heterocycles. The molecule has 0 aliphatic rings. The summed E-state index contributed by atoms with van der Waals surface area (Å²) in [5.41, 5.74) is -0.468. The topological polar surface area (TPSA) is 58.2 Å². The van der Waals surface area contributed by atoms with Gasteiger partial charge in [0.15, 0.2) is 0 Å². The molecule has 116 valence electrons. The van der Waals surface area contributed by atoms with Gasteiger partial charge in [0.1, 0.15) is 11.6 Å². The number of carbonyl (C=O) groups is 2. The van der Waals surface area contributed by atoms with Crippen LogP contribution in [0.4, 0.5) is 13.6 Å². The van der Waals surface area contributed by atoms with Crippen LogP contribution < -0.4 is 10.6 Å². The van der Waals surface area contributed by atoms with Crippen LogP contribution in [0.2, 0.25) is 0 Å². The molecule has 4 nitrogen and oxygen atoms in total. The molecule has 1 aromatic rings. The zero-order chi connectivity index (χ0) is 16.2. The Kier molecular flexibility index (Phi) is 5.71. The molecule has 2 N–H and O–H groups in total. The lowest BCUT2D eigenvalue weighted by Crippen LogP contribution is -2.49. The highest BCUT2D eigenvalue weighted by Gasteiger charge is 2.21. The van der Waals surface area contributed by atoms with Gasteiger partial charge >= 0.3 is 6.03 Å². The van der Waals surface area contributed by atoms with Gasteiger partial charge in [-0.15, -0.1) is 11.8 Å². The molecule has 0 radical (unpaired) electrons. The van der Waals surface area contributed by atoms with Crippen molar-refractivity contribution >= 4 is 23.7 Å². The number of carbonyl (C=O) groups excluding carboxylic acids is 2. The molecule has 0 unspecified atom stereocenters. The van der Waals surface area contributed by atoms with Crippen molar-refractivity contribution < 1.29 is 18.4 Å². The smallest absolute Gasteiger partial charge is 0.321 e. The number of nitrogens with one attached hydrogen (secondary N) is 2. The first-order valence-electron chi connectivity index (χ1n) is 6.33. The highest BCUT2D eigenvalue weighted by molar-refractivity contribution is 8.00. The number of rotatable bonds is 3. The lowest BCUT2D eigenvalue weighted by molar-refractivity contribution is -0.119. The van der Waals surface area contributed by atoms with Crippen LogP contribution in [0.5, 0.6) is 0 Å². The summed E-state index contributed by atoms with van der Waals surface area (Å²) in [6.07, 6.45) is 0. The predicted octanol–water partition coefficient (Wildman–Crippen LogP) is 3.07. The Morgan fingerprint density at radius 3 is 2.38 bits per heavy atom. The molecule has 0 aliphatic heterocycles. The van der Waals surface area contributed by atoms with E-state index in [-0.39, 0.29) is 4.90 Å². The first kappa shape index (κ1) is 17.4. The summed E-state index contributed by atoms with van der Waals surface area (Å²) in [6.45, 7) is 6.88. The molecule has 0 saturated carbocycles. The van der Waals surface area contributed by atoms with Crippen molar-refractivity contribution in [2.45, 2.75) is 43.4 Å². The van der Waals surface area contributed by atoms with E-state index < -0.39 is 34.4 Å². The quantitative estimate of drug-likeness (QED) is 0.843. The van der Waals surface area contributed by atoms with Gasteiger partial charge in [-0.3, -0.25) is 10.1 Å². The van der Waals surface area contributed by atoms with E-state index in [1.54, 1.807) is 20.8 Å². The van der Waals surface area contributed by atoms with Crippen LogP contribution in [0.25, 0.3) is 0 Å². The Morgan fingerprint density at radius 2 is 1.86 bits per heavy atom. The summed E-state index contributed by atoms with van der Waals surface area (Å²) in [6, 6.07) is 2.51. The maximum absolute atomic E-state index is 13.5. The van der Waals surface area contributed by atoms with Crippen molar-refractivity contribution in [3.63, 3.8) is 0 Å². The van der Waals surface area contributed by atoms with Crippen molar-refractivity contribution in [1.82, 2.24) is 10.6 Å². The van der Waals surface area contributed by atoms with E-state index in [1.807, 2.05) is 0 Å². The molecular weight excluding hydrogens is 298 g/mol. The van der Waals surface area contributed by atoms with Gasteiger partial charge in [-0.2, -0.15) is 0 Å². The molecule has 3 amide bonds. The Labute approximate surface area is 126 Å². The SMILES string of the molecule is C[C@H](Sc1ccc(F)cc1F)C(=O)NC(=O)NC(C)(C)C. The van der Waals surface area contributed by atoms with Crippen LogP contribution in [-0.2, 0) is 4.79 Å². The van der Waals surface area contributed by atoms with Crippen molar-refractivity contribution in [2.24, 2.45) is 0 Å². The second-order valence-electron chi connectivity index (χ2n) is 5.53. The van der Waals surface area contributed by atoms with Gasteiger partial charge in [0.25, 0.3) is 0 Å². The summed E-state index contributed by atoms with van der Waals surface area (Å²) in [5, 5.41) is 4.07. The van der Waals surface area contributed by atoms with E-state index in [2.05, 4.69) is 10.6 Å². The zero-order valence-corrected chi connectivity index (χ0v) is 13.1. The minimum absolute atomic E-state index is 0.148. The highest BCUT2D eigenvalue weighted by atomic mass is 32.2. The molecule has 0 bridgehead atoms. The minimum Gasteiger partial charge on any atom is -0.333 e. The highest BCUT2D eigenvalue weighted by Crippen LogP contribution is 2.26. The first-order valence-corrected chi connectivity index (χ1v) is 7.21. The Bertz CT molecular complexity index is 544. The molecule has 21 heavy (non-hydrogen) atoms. The van der Waals surface area contributed by atoms with Gasteiger partial charge in [0, 0.05) is 16.5 Å². The van der Waals surface area contributed by atoms with Gasteiger partial charge in [0.2, 0.25) is 5.91 Å². The largest absolute Gasteiger partial charge is 0.333 e. The third-order valence-electron chi connectivity index (χ3n) is 2.29. The lowest BCUT2D eigenvalue weighted by Gasteiger charge is -2.21. The average Bonchev–Trinajstić information content (AvgIpc) is 2.29. The summed E-state index contributed by atoms with van der Waals surface area (Å²) in [7, 11) is 0. The van der Waals surface area contributed by atoms with Gasteiger partial charge < -0.3 is 5.32 Å². The van der Waals surface area contributed by atoms with Crippen LogP contribution in [0.1, 0.15) is 27.7 Å². The number of halogens is 2. The number of hydrogen-bond acceptors (Lipinski definition) is 3. The van der Waals surface area contributed by atoms with Gasteiger partial charge in [-0.1, -0.05) is 0 Å². The van der Waals surface area contributed by atoms with Crippen molar-refractivity contribution in [3.05, 3.63) is 29.8 Å². The second kappa shape index (κ2) is 6.89. The molecule has 0 spiro atoms. The number of thioether (sulfide) groups is 1. The number of imide groups is 1. The predicted molar refractivity (Wildman–Crippen MR) is 78.1 cm³/mol. The first-order chi connectivity index (χ1) is 9.58. The van der Waals surface area contributed by atoms with E-state index in [9.17, 15) is 18.4 Å². The van der Waals surface area contributed by atoms with Crippen molar-refractivity contribution in [1.29, 1.82) is 0 Å². The molecule has 0 aliphatic carbocycles. The fourth-order valence-electron chi connectivity index (χ4n) is 1.40. The van der Waals surface area contributed by atoms with Crippen LogP contribution in [-0.4, -0.2) is 22.7 Å². The van der Waals surface area contributed by atoms with Crippen molar-refractivity contribution in [2.75, 3.05) is 0 Å². The maximum atomic E-state index is 13.5. The summed E-state index contributed by atoms with van der Waals surface area (Å²) >= 11 is 0.913. The van der Waals surface area contributed by atoms with Crippen LogP contribution in [0, 0.1) is 11.6 Å². The molecular formula is C14H18F2N2O2S. The third-order valence-corrected chi connectivity index (χ3v) is 3.44. The van der Waals surface area contributed by atoms with E-state index in [0.29, 0.717) is 0 Å². The number of hydrogen-bond donors (Lipinski definition) is 2. The third kappa shape index (κ3) is 6.12. The average molecular weight is 316 g/mol. The van der Waals surface area contributed by atoms with E-state index in [0.717, 1.165) is 23.9 Å². The fourth-order valence-corrected chi connectivity index (χ4v) is 2.27. The molecule has 7 heteroatoms. The molecule has 1 rings (SSSR count). The molecule has 0 fully saturated rings. The van der Waals surface area contributed by atoms with Gasteiger partial charge in [-0.05, 0) is 39.8 Å². The van der Waals surface area contributed by atoms with E-state index in [1.165, 1.54) is 13.0 Å². The number of benzene rings is 1. The van der Waals surface area contributed by atoms with Crippen molar-refractivity contribution in [3.8, 4) is 0 Å². The van der Waals surface area contributed by atoms with E-state index in [4.69, 9.17) is 0 Å². The van der Waals surface area contributed by atoms with Gasteiger partial charge in [-0.25, -0.2) is 13.6 Å². The summed E-state index contributed by atoms with van der Waals surface area (Å²) < 4.78 is 26.3. The Morgan fingerprint density at radius 1 is 1.24 bits per heavy atom. The minimum atomic E-state index is -0.737. The Hall–Kier alpha value is -1.63. The molecule has 0 saturated heterocycles. The molecule has 1 atom stereocenters. The van der Waals surface area contributed by atoms with Crippen LogP contribution >= 0.6 is 11.8 Å². The molecule has 0 heterocycles. The lowest BCUT2D eigenvalue weighted by atomic mass is 10.1. The number of urea groups is 1. The maximum Gasteiger partial charge on any atom is 0.321 e. The second-order valence-corrected chi connectivity index (χ2v) is 6.91. The summed E-state index contributed by atoms with van der Waals surface area (Å²) in [5.74, 6) is -1.97. The van der Waals surface area contributed by atoms with Crippen LogP contribution in [0.15, 0.2) is 23.1 Å². The fraction of sp³-hybridized carbons (Fsp3) is 0.429. The van der Waals surface area contributed by atoms with Crippen LogP contribution in [0.3, 0.4) is 0 Å². The number of amides is 3.